The van der Waals surface area contributed by atoms with Gasteiger partial charge in [0.1, 0.15) is 5.75 Å². The number of thioether (sulfide) groups is 1. The molecule has 0 bridgehead atoms. The zero-order valence-corrected chi connectivity index (χ0v) is 14.7. The first-order valence-electron chi connectivity index (χ1n) is 7.16. The number of hydrogen-bond donors (Lipinski definition) is 1. The molecule has 0 unspecified atom stereocenters. The Bertz CT molecular complexity index is 873. The Morgan fingerprint density at radius 2 is 2.08 bits per heavy atom. The highest BCUT2D eigenvalue weighted by Gasteiger charge is 2.13. The number of carbonyl (C=O) groups is 1. The Hall–Kier alpha value is -2.58. The van der Waals surface area contributed by atoms with E-state index in [1.807, 2.05) is 0 Å². The Balaban J connectivity index is 1.60. The molecule has 25 heavy (non-hydrogen) atoms. The minimum Gasteiger partial charge on any atom is -0.495 e. The molecular weight excluding hydrogens is 364 g/mol. The molecule has 0 spiro atoms. The molecule has 0 atom stereocenters. The van der Waals surface area contributed by atoms with Crippen LogP contribution in [0.5, 0.6) is 5.75 Å². The van der Waals surface area contributed by atoms with Gasteiger partial charge in [0, 0.05) is 23.0 Å². The zero-order chi connectivity index (χ0) is 17.6. The third-order valence-corrected chi connectivity index (χ3v) is 4.15. The second kappa shape index (κ2) is 8.00. The van der Waals surface area contributed by atoms with Gasteiger partial charge in [0.25, 0.3) is 5.22 Å². The van der Waals surface area contributed by atoms with Crippen molar-refractivity contribution >= 4 is 35.0 Å². The summed E-state index contributed by atoms with van der Waals surface area (Å²) in [6.45, 7) is 0. The molecular formula is C16H13ClN4O3S. The first kappa shape index (κ1) is 17.2. The third kappa shape index (κ3) is 4.49. The lowest BCUT2D eigenvalue weighted by Gasteiger charge is -2.09. The molecule has 0 saturated carbocycles. The summed E-state index contributed by atoms with van der Waals surface area (Å²) in [5.41, 5.74) is 1.27. The van der Waals surface area contributed by atoms with E-state index in [4.69, 9.17) is 20.8 Å². The minimum absolute atomic E-state index is 0.105. The maximum absolute atomic E-state index is 12.1. The molecule has 0 fully saturated rings. The van der Waals surface area contributed by atoms with Gasteiger partial charge in [0.15, 0.2) is 0 Å². The molecule has 2 heterocycles. The molecule has 9 heteroatoms. The van der Waals surface area contributed by atoms with E-state index in [-0.39, 0.29) is 11.7 Å². The molecule has 1 aromatic carbocycles. The van der Waals surface area contributed by atoms with Gasteiger partial charge in [0.05, 0.1) is 18.6 Å². The number of hydrogen-bond acceptors (Lipinski definition) is 7. The number of halogens is 1. The number of anilines is 1. The third-order valence-electron chi connectivity index (χ3n) is 3.10. The van der Waals surface area contributed by atoms with E-state index in [0.717, 1.165) is 17.3 Å². The van der Waals surface area contributed by atoms with Gasteiger partial charge < -0.3 is 14.5 Å². The number of aromatic nitrogens is 3. The van der Waals surface area contributed by atoms with Crippen molar-refractivity contribution in [3.63, 3.8) is 0 Å². The molecule has 7 nitrogen and oxygen atoms in total. The summed E-state index contributed by atoms with van der Waals surface area (Å²) in [7, 11) is 1.52. The summed E-state index contributed by atoms with van der Waals surface area (Å²) < 4.78 is 10.7. The minimum atomic E-state index is -0.241. The van der Waals surface area contributed by atoms with Crippen LogP contribution in [0.4, 0.5) is 5.69 Å². The lowest BCUT2D eigenvalue weighted by Crippen LogP contribution is -2.14. The van der Waals surface area contributed by atoms with Crippen molar-refractivity contribution in [3.8, 4) is 17.2 Å². The Morgan fingerprint density at radius 1 is 1.28 bits per heavy atom. The second-order valence-corrected chi connectivity index (χ2v) is 6.15. The van der Waals surface area contributed by atoms with Gasteiger partial charge in [-0.15, -0.1) is 10.2 Å². The van der Waals surface area contributed by atoms with Crippen LogP contribution in [0.25, 0.3) is 11.5 Å². The van der Waals surface area contributed by atoms with Crippen LogP contribution in [0, 0.1) is 0 Å². The van der Waals surface area contributed by atoms with Crippen molar-refractivity contribution in [2.75, 3.05) is 18.2 Å². The van der Waals surface area contributed by atoms with E-state index in [9.17, 15) is 4.79 Å². The zero-order valence-electron chi connectivity index (χ0n) is 13.1. The highest BCUT2D eigenvalue weighted by Crippen LogP contribution is 2.28. The molecule has 0 aliphatic rings. The van der Waals surface area contributed by atoms with Crippen LogP contribution in [-0.4, -0.2) is 34.0 Å². The number of benzene rings is 1. The summed E-state index contributed by atoms with van der Waals surface area (Å²) in [4.78, 5) is 16.0. The second-order valence-electron chi connectivity index (χ2n) is 4.79. The number of nitrogens with one attached hydrogen (secondary N) is 1. The van der Waals surface area contributed by atoms with Crippen molar-refractivity contribution in [2.45, 2.75) is 5.22 Å². The largest absolute Gasteiger partial charge is 0.495 e. The van der Waals surface area contributed by atoms with E-state index in [1.54, 1.807) is 42.7 Å². The van der Waals surface area contributed by atoms with E-state index in [0.29, 0.717) is 27.6 Å². The Labute approximate surface area is 152 Å². The van der Waals surface area contributed by atoms with E-state index in [1.165, 1.54) is 7.11 Å². The van der Waals surface area contributed by atoms with Gasteiger partial charge in [-0.1, -0.05) is 23.4 Å². The van der Waals surface area contributed by atoms with Gasteiger partial charge in [-0.2, -0.15) is 0 Å². The monoisotopic (exact) mass is 376 g/mol. The van der Waals surface area contributed by atoms with Crippen LogP contribution in [0.2, 0.25) is 5.02 Å². The first-order valence-corrected chi connectivity index (χ1v) is 8.52. The van der Waals surface area contributed by atoms with Crippen LogP contribution in [0.15, 0.2) is 52.4 Å². The number of carbonyl (C=O) groups excluding carboxylic acids is 1. The van der Waals surface area contributed by atoms with Gasteiger partial charge in [-0.25, -0.2) is 0 Å². The summed E-state index contributed by atoms with van der Waals surface area (Å²) in [5.74, 6) is 0.768. The molecule has 1 amide bonds. The Morgan fingerprint density at radius 3 is 2.84 bits per heavy atom. The fourth-order valence-corrected chi connectivity index (χ4v) is 2.71. The van der Waals surface area contributed by atoms with Crippen LogP contribution in [0.3, 0.4) is 0 Å². The predicted octanol–water partition coefficient (Wildman–Crippen LogP) is 3.52. The maximum atomic E-state index is 12.1. The molecule has 0 aliphatic heterocycles. The van der Waals surface area contributed by atoms with Crippen LogP contribution in [0.1, 0.15) is 0 Å². The topological polar surface area (TPSA) is 90.1 Å². The van der Waals surface area contributed by atoms with Gasteiger partial charge in [-0.3, -0.25) is 9.78 Å². The summed E-state index contributed by atoms with van der Waals surface area (Å²) in [5, 5.41) is 11.4. The molecule has 0 radical (unpaired) electrons. The number of amides is 1. The lowest BCUT2D eigenvalue weighted by atomic mass is 10.3. The van der Waals surface area contributed by atoms with Crippen molar-refractivity contribution in [1.29, 1.82) is 0 Å². The number of rotatable bonds is 6. The quantitative estimate of drug-likeness (QED) is 0.658. The van der Waals surface area contributed by atoms with Crippen LogP contribution >= 0.6 is 23.4 Å². The average Bonchev–Trinajstić information content (AvgIpc) is 3.10. The van der Waals surface area contributed by atoms with Crippen molar-refractivity contribution in [2.24, 2.45) is 0 Å². The molecule has 0 aliphatic carbocycles. The normalized spacial score (nSPS) is 10.5. The molecule has 2 aromatic heterocycles. The lowest BCUT2D eigenvalue weighted by molar-refractivity contribution is -0.113. The van der Waals surface area contributed by atoms with Gasteiger partial charge >= 0.3 is 0 Å². The predicted molar refractivity (Wildman–Crippen MR) is 94.9 cm³/mol. The van der Waals surface area contributed by atoms with Crippen LogP contribution < -0.4 is 10.1 Å². The maximum Gasteiger partial charge on any atom is 0.277 e. The molecule has 3 aromatic rings. The average molecular weight is 377 g/mol. The fraction of sp³-hybridized carbons (Fsp3) is 0.125. The summed E-state index contributed by atoms with van der Waals surface area (Å²) in [6.07, 6.45) is 3.27. The molecule has 128 valence electrons. The number of nitrogens with zero attached hydrogens (tertiary/aromatic N) is 3. The smallest absolute Gasteiger partial charge is 0.277 e. The van der Waals surface area contributed by atoms with E-state index < -0.39 is 0 Å². The first-order chi connectivity index (χ1) is 12.2. The highest BCUT2D eigenvalue weighted by atomic mass is 35.5. The standard InChI is InChI=1S/C16H13ClN4O3S/c1-23-13-3-2-11(17)8-12(13)19-14(22)9-25-16-21-20-15(24-16)10-4-6-18-7-5-10/h2-8H,9H2,1H3,(H,19,22). The van der Waals surface area contributed by atoms with Crippen molar-refractivity contribution in [3.05, 3.63) is 47.7 Å². The Kier molecular flexibility index (Phi) is 5.52. The molecule has 1 N–H and O–H groups in total. The van der Waals surface area contributed by atoms with E-state index in [2.05, 4.69) is 20.5 Å². The van der Waals surface area contributed by atoms with Crippen molar-refractivity contribution in [1.82, 2.24) is 15.2 Å². The van der Waals surface area contributed by atoms with Gasteiger partial charge in [0.2, 0.25) is 11.8 Å². The van der Waals surface area contributed by atoms with Crippen LogP contribution in [-0.2, 0) is 4.79 Å². The molecule has 3 rings (SSSR count). The van der Waals surface area contributed by atoms with Gasteiger partial charge in [-0.05, 0) is 30.3 Å². The fourth-order valence-electron chi connectivity index (χ4n) is 1.97. The summed E-state index contributed by atoms with van der Waals surface area (Å²) in [6, 6.07) is 8.52. The van der Waals surface area contributed by atoms with E-state index >= 15 is 0 Å². The number of methoxy groups -OCH3 is 1. The number of pyridine rings is 1. The van der Waals surface area contributed by atoms with Crippen molar-refractivity contribution < 1.29 is 13.9 Å². The molecule has 0 saturated heterocycles. The summed E-state index contributed by atoms with van der Waals surface area (Å²) >= 11 is 7.08. The SMILES string of the molecule is COc1ccc(Cl)cc1NC(=O)CSc1nnc(-c2ccncc2)o1. The number of ether oxygens (including phenoxy) is 1. The highest BCUT2D eigenvalue weighted by molar-refractivity contribution is 7.99.